The molecule has 5 nitrogen and oxygen atoms in total. The molecule has 0 aromatic carbocycles. The predicted octanol–water partition coefficient (Wildman–Crippen LogP) is 3.41. The van der Waals surface area contributed by atoms with Crippen molar-refractivity contribution in [2.75, 3.05) is 5.75 Å². The van der Waals surface area contributed by atoms with Gasteiger partial charge in [0, 0.05) is 24.7 Å². The van der Waals surface area contributed by atoms with Gasteiger partial charge in [0.1, 0.15) is 4.83 Å². The normalized spacial score (nSPS) is 11.3. The number of carbonyl (C=O) groups is 1. The molecular weight excluding hydrogens is 342 g/mol. The van der Waals surface area contributed by atoms with Gasteiger partial charge in [-0.25, -0.2) is 4.98 Å². The standard InChI is InChI=1S/C17H19N3O2S2/c1-5-20-16(22)14-10(2)11(3)24-15(14)18-17(20)23-9-13(21)12-7-6-8-19(12)4/h6-8H,5,9H2,1-4H3. The first-order chi connectivity index (χ1) is 11.4. The molecule has 0 amide bonds. The van der Waals surface area contributed by atoms with E-state index in [4.69, 9.17) is 0 Å². The summed E-state index contributed by atoms with van der Waals surface area (Å²) < 4.78 is 3.46. The highest BCUT2D eigenvalue weighted by Crippen LogP contribution is 2.28. The van der Waals surface area contributed by atoms with E-state index < -0.39 is 0 Å². The topological polar surface area (TPSA) is 56.9 Å². The van der Waals surface area contributed by atoms with Gasteiger partial charge in [0.25, 0.3) is 5.56 Å². The lowest BCUT2D eigenvalue weighted by atomic mass is 10.2. The van der Waals surface area contributed by atoms with Crippen LogP contribution in [0.5, 0.6) is 0 Å². The fourth-order valence-electron chi connectivity index (χ4n) is 2.65. The lowest BCUT2D eigenvalue weighted by molar-refractivity contribution is 0.101. The fraction of sp³-hybridized carbons (Fsp3) is 0.353. The Kier molecular flexibility index (Phi) is 4.64. The number of nitrogens with zero attached hydrogens (tertiary/aromatic N) is 3. The van der Waals surface area contributed by atoms with Crippen molar-refractivity contribution < 1.29 is 4.79 Å². The maximum absolute atomic E-state index is 12.8. The van der Waals surface area contributed by atoms with Crippen LogP contribution in [0.1, 0.15) is 27.9 Å². The lowest BCUT2D eigenvalue weighted by Gasteiger charge is -2.10. The van der Waals surface area contributed by atoms with Gasteiger partial charge in [-0.15, -0.1) is 11.3 Å². The molecule has 0 unspecified atom stereocenters. The maximum atomic E-state index is 12.8. The molecule has 0 bridgehead atoms. The predicted molar refractivity (Wildman–Crippen MR) is 99.5 cm³/mol. The van der Waals surface area contributed by atoms with E-state index >= 15 is 0 Å². The Morgan fingerprint density at radius 3 is 2.75 bits per heavy atom. The minimum Gasteiger partial charge on any atom is -0.348 e. The first kappa shape index (κ1) is 17.0. The monoisotopic (exact) mass is 361 g/mol. The number of hydrogen-bond donors (Lipinski definition) is 0. The Morgan fingerprint density at radius 2 is 2.12 bits per heavy atom. The van der Waals surface area contributed by atoms with Crippen molar-refractivity contribution >= 4 is 39.1 Å². The molecule has 126 valence electrons. The SMILES string of the molecule is CCn1c(SCC(=O)c2cccn2C)nc2sc(C)c(C)c2c1=O. The molecule has 0 aliphatic carbocycles. The zero-order chi connectivity index (χ0) is 17.4. The third-order valence-electron chi connectivity index (χ3n) is 4.13. The van der Waals surface area contributed by atoms with E-state index in [-0.39, 0.29) is 17.1 Å². The maximum Gasteiger partial charge on any atom is 0.263 e. The minimum atomic E-state index is -0.0156. The van der Waals surface area contributed by atoms with Crippen molar-refractivity contribution in [3.8, 4) is 0 Å². The van der Waals surface area contributed by atoms with Crippen LogP contribution in [-0.2, 0) is 13.6 Å². The molecule has 0 spiro atoms. The third kappa shape index (κ3) is 2.82. The van der Waals surface area contributed by atoms with E-state index in [0.717, 1.165) is 15.3 Å². The number of rotatable bonds is 5. The number of Topliss-reactive ketones (excluding diaryl/α,β-unsaturated/α-hetero) is 1. The van der Waals surface area contributed by atoms with Crippen molar-refractivity contribution in [1.82, 2.24) is 14.1 Å². The average molecular weight is 361 g/mol. The number of ketones is 1. The van der Waals surface area contributed by atoms with Crippen LogP contribution >= 0.6 is 23.1 Å². The van der Waals surface area contributed by atoms with Gasteiger partial charge in [0.15, 0.2) is 10.9 Å². The highest BCUT2D eigenvalue weighted by molar-refractivity contribution is 7.99. The van der Waals surface area contributed by atoms with Crippen LogP contribution in [0.25, 0.3) is 10.2 Å². The third-order valence-corrected chi connectivity index (χ3v) is 6.21. The van der Waals surface area contributed by atoms with Crippen molar-refractivity contribution in [3.63, 3.8) is 0 Å². The van der Waals surface area contributed by atoms with Crippen molar-refractivity contribution in [1.29, 1.82) is 0 Å². The average Bonchev–Trinajstić information content (AvgIpc) is 3.09. The van der Waals surface area contributed by atoms with Crippen LogP contribution in [0.15, 0.2) is 28.3 Å². The fourth-order valence-corrected chi connectivity index (χ4v) is 4.66. The lowest BCUT2D eigenvalue weighted by Crippen LogP contribution is -2.23. The Morgan fingerprint density at radius 1 is 1.38 bits per heavy atom. The number of fused-ring (bicyclic) bond motifs is 1. The largest absolute Gasteiger partial charge is 0.348 e. The summed E-state index contributed by atoms with van der Waals surface area (Å²) in [4.78, 5) is 31.6. The van der Waals surface area contributed by atoms with Crippen molar-refractivity contribution in [2.45, 2.75) is 32.5 Å². The first-order valence-corrected chi connectivity index (χ1v) is 9.52. The molecule has 0 N–H and O–H groups in total. The quantitative estimate of drug-likeness (QED) is 0.397. The second-order valence-electron chi connectivity index (χ2n) is 5.62. The van der Waals surface area contributed by atoms with E-state index in [1.807, 2.05) is 40.1 Å². The zero-order valence-corrected chi connectivity index (χ0v) is 15.8. The number of aromatic nitrogens is 3. The number of carbonyl (C=O) groups excluding carboxylic acids is 1. The summed E-state index contributed by atoms with van der Waals surface area (Å²) in [5, 5.41) is 1.32. The minimum absolute atomic E-state index is 0.0156. The summed E-state index contributed by atoms with van der Waals surface area (Å²) in [6.45, 7) is 6.43. The van der Waals surface area contributed by atoms with Crippen LogP contribution in [-0.4, -0.2) is 25.7 Å². The summed E-state index contributed by atoms with van der Waals surface area (Å²) in [5.41, 5.74) is 1.65. The van der Waals surface area contributed by atoms with Gasteiger partial charge in [0.05, 0.1) is 16.8 Å². The molecule has 0 atom stereocenters. The van der Waals surface area contributed by atoms with Crippen LogP contribution in [0.4, 0.5) is 0 Å². The van der Waals surface area contributed by atoms with Gasteiger partial charge in [-0.2, -0.15) is 0 Å². The molecule has 3 aromatic heterocycles. The molecule has 24 heavy (non-hydrogen) atoms. The van der Waals surface area contributed by atoms with Gasteiger partial charge in [-0.05, 0) is 38.5 Å². The second kappa shape index (κ2) is 6.57. The van der Waals surface area contributed by atoms with Gasteiger partial charge in [0.2, 0.25) is 0 Å². The highest BCUT2D eigenvalue weighted by atomic mass is 32.2. The number of aryl methyl sites for hydroxylation is 3. The van der Waals surface area contributed by atoms with E-state index in [1.54, 1.807) is 15.2 Å². The Balaban J connectivity index is 1.96. The van der Waals surface area contributed by atoms with E-state index in [2.05, 4.69) is 4.98 Å². The highest BCUT2D eigenvalue weighted by Gasteiger charge is 2.17. The Bertz CT molecular complexity index is 982. The molecule has 0 aliphatic heterocycles. The van der Waals surface area contributed by atoms with Crippen molar-refractivity contribution in [3.05, 3.63) is 44.8 Å². The van der Waals surface area contributed by atoms with Crippen LogP contribution in [0.2, 0.25) is 0 Å². The van der Waals surface area contributed by atoms with Gasteiger partial charge in [-0.1, -0.05) is 11.8 Å². The molecule has 3 aromatic rings. The van der Waals surface area contributed by atoms with Crippen LogP contribution in [0, 0.1) is 13.8 Å². The number of thioether (sulfide) groups is 1. The van der Waals surface area contributed by atoms with Gasteiger partial charge in [-0.3, -0.25) is 14.2 Å². The smallest absolute Gasteiger partial charge is 0.263 e. The molecular formula is C17H19N3O2S2. The summed E-state index contributed by atoms with van der Waals surface area (Å²) >= 11 is 2.86. The number of thiophene rings is 1. The molecule has 3 heterocycles. The van der Waals surface area contributed by atoms with Gasteiger partial charge >= 0.3 is 0 Å². The molecule has 0 saturated heterocycles. The Labute approximate surface area is 148 Å². The summed E-state index contributed by atoms with van der Waals surface area (Å²) in [6.07, 6.45) is 1.85. The molecule has 7 heteroatoms. The van der Waals surface area contributed by atoms with Crippen LogP contribution < -0.4 is 5.56 Å². The van der Waals surface area contributed by atoms with E-state index in [1.165, 1.54) is 23.1 Å². The first-order valence-electron chi connectivity index (χ1n) is 7.71. The zero-order valence-electron chi connectivity index (χ0n) is 14.1. The summed E-state index contributed by atoms with van der Waals surface area (Å²) in [5.74, 6) is 0.294. The molecule has 0 saturated carbocycles. The van der Waals surface area contributed by atoms with E-state index in [0.29, 0.717) is 22.8 Å². The number of hydrogen-bond acceptors (Lipinski definition) is 5. The summed E-state index contributed by atoms with van der Waals surface area (Å²) in [7, 11) is 1.85. The van der Waals surface area contributed by atoms with Crippen LogP contribution in [0.3, 0.4) is 0 Å². The summed E-state index contributed by atoms with van der Waals surface area (Å²) in [6, 6.07) is 3.65. The molecule has 0 radical (unpaired) electrons. The van der Waals surface area contributed by atoms with Gasteiger partial charge < -0.3 is 4.57 Å². The molecule has 0 fully saturated rings. The van der Waals surface area contributed by atoms with E-state index in [9.17, 15) is 9.59 Å². The Hall–Kier alpha value is -1.86. The molecule has 3 rings (SSSR count). The van der Waals surface area contributed by atoms with Crippen molar-refractivity contribution in [2.24, 2.45) is 7.05 Å². The molecule has 0 aliphatic rings. The second-order valence-corrected chi connectivity index (χ2v) is 7.77.